The molecule has 4 rings (SSSR count). The number of morpholine rings is 1. The molecule has 0 aromatic heterocycles. The molecule has 34 heavy (non-hydrogen) atoms. The molecule has 0 unspecified atom stereocenters. The molecule has 1 aliphatic rings. The Hall–Kier alpha value is -3.20. The van der Waals surface area contributed by atoms with Gasteiger partial charge in [0.15, 0.2) is 6.61 Å². The van der Waals surface area contributed by atoms with Crippen molar-refractivity contribution in [1.82, 2.24) is 9.21 Å². The molecule has 1 fully saturated rings. The number of carbonyl (C=O) groups is 1. The molecule has 1 saturated heterocycles. The van der Waals surface area contributed by atoms with Crippen LogP contribution in [0.25, 0.3) is 0 Å². The van der Waals surface area contributed by atoms with Crippen molar-refractivity contribution >= 4 is 15.9 Å². The first-order valence-electron chi connectivity index (χ1n) is 11.1. The molecule has 178 valence electrons. The highest BCUT2D eigenvalue weighted by Crippen LogP contribution is 2.28. The number of ether oxygens (including phenoxy) is 2. The van der Waals surface area contributed by atoms with Crippen LogP contribution in [0.1, 0.15) is 17.2 Å². The SMILES string of the molecule is CN(C(=O)COc1ccc(S(=O)(=O)N2CCOCC2)cc1)C(c1ccccc1)c1ccccc1. The Morgan fingerprint density at radius 3 is 1.97 bits per heavy atom. The van der Waals surface area contributed by atoms with Crippen LogP contribution in [0.5, 0.6) is 5.75 Å². The van der Waals surface area contributed by atoms with E-state index in [4.69, 9.17) is 9.47 Å². The predicted octanol–water partition coefficient (Wildman–Crippen LogP) is 3.33. The van der Waals surface area contributed by atoms with Crippen LogP contribution in [0.3, 0.4) is 0 Å². The number of likely N-dealkylation sites (N-methyl/N-ethyl adjacent to an activating group) is 1. The molecule has 1 aliphatic heterocycles. The number of rotatable bonds is 8. The minimum absolute atomic E-state index is 0.164. The van der Waals surface area contributed by atoms with Gasteiger partial charge in [-0.05, 0) is 35.4 Å². The van der Waals surface area contributed by atoms with Crippen LogP contribution in [0.4, 0.5) is 0 Å². The first-order valence-corrected chi connectivity index (χ1v) is 12.6. The summed E-state index contributed by atoms with van der Waals surface area (Å²) < 4.78 is 37.9. The lowest BCUT2D eigenvalue weighted by Crippen LogP contribution is -2.40. The monoisotopic (exact) mass is 480 g/mol. The van der Waals surface area contributed by atoms with Gasteiger partial charge in [0.1, 0.15) is 5.75 Å². The molecule has 3 aromatic carbocycles. The molecule has 0 atom stereocenters. The molecule has 0 N–H and O–H groups in total. The summed E-state index contributed by atoms with van der Waals surface area (Å²) in [7, 11) is -1.82. The topological polar surface area (TPSA) is 76.2 Å². The lowest BCUT2D eigenvalue weighted by atomic mass is 9.97. The molecular weight excluding hydrogens is 452 g/mol. The van der Waals surface area contributed by atoms with Gasteiger partial charge in [-0.3, -0.25) is 4.79 Å². The first kappa shape index (κ1) is 23.9. The summed E-state index contributed by atoms with van der Waals surface area (Å²) in [6.07, 6.45) is 0. The molecule has 0 bridgehead atoms. The zero-order valence-corrected chi connectivity index (χ0v) is 19.9. The van der Waals surface area contributed by atoms with E-state index in [0.717, 1.165) is 11.1 Å². The van der Waals surface area contributed by atoms with Gasteiger partial charge in [0.25, 0.3) is 5.91 Å². The highest BCUT2D eigenvalue weighted by molar-refractivity contribution is 7.89. The maximum absolute atomic E-state index is 13.0. The van der Waals surface area contributed by atoms with Gasteiger partial charge in [-0.15, -0.1) is 0 Å². The molecule has 8 heteroatoms. The van der Waals surface area contributed by atoms with E-state index in [2.05, 4.69) is 0 Å². The Balaban J connectivity index is 1.43. The average Bonchev–Trinajstić information content (AvgIpc) is 2.89. The summed E-state index contributed by atoms with van der Waals surface area (Å²) in [4.78, 5) is 14.9. The van der Waals surface area contributed by atoms with E-state index in [-0.39, 0.29) is 23.5 Å². The quantitative estimate of drug-likeness (QED) is 0.494. The molecule has 3 aromatic rings. The summed E-state index contributed by atoms with van der Waals surface area (Å²) in [5.41, 5.74) is 2.00. The van der Waals surface area contributed by atoms with Gasteiger partial charge in [-0.1, -0.05) is 60.7 Å². The maximum Gasteiger partial charge on any atom is 0.261 e. The second-order valence-corrected chi connectivity index (χ2v) is 9.94. The maximum atomic E-state index is 13.0. The normalized spacial score (nSPS) is 14.6. The number of amides is 1. The van der Waals surface area contributed by atoms with Crippen molar-refractivity contribution in [2.75, 3.05) is 40.0 Å². The summed E-state index contributed by atoms with van der Waals surface area (Å²) in [6, 6.07) is 25.6. The second kappa shape index (κ2) is 10.8. The van der Waals surface area contributed by atoms with Crippen molar-refractivity contribution in [3.63, 3.8) is 0 Å². The van der Waals surface area contributed by atoms with E-state index in [9.17, 15) is 13.2 Å². The van der Waals surface area contributed by atoms with Crippen LogP contribution < -0.4 is 4.74 Å². The first-order chi connectivity index (χ1) is 16.5. The summed E-state index contributed by atoms with van der Waals surface area (Å²) in [6.45, 7) is 1.30. The highest BCUT2D eigenvalue weighted by atomic mass is 32.2. The molecule has 7 nitrogen and oxygen atoms in total. The van der Waals surface area contributed by atoms with Crippen molar-refractivity contribution < 1.29 is 22.7 Å². The summed E-state index contributed by atoms with van der Waals surface area (Å²) >= 11 is 0. The van der Waals surface area contributed by atoms with Gasteiger partial charge >= 0.3 is 0 Å². The number of sulfonamides is 1. The fraction of sp³-hybridized carbons (Fsp3) is 0.269. The van der Waals surface area contributed by atoms with Crippen LogP contribution in [0, 0.1) is 0 Å². The van der Waals surface area contributed by atoms with E-state index in [1.54, 1.807) is 24.1 Å². The molecule has 0 spiro atoms. The molecular formula is C26H28N2O5S. The number of benzene rings is 3. The zero-order chi connectivity index (χ0) is 24.0. The number of hydrogen-bond acceptors (Lipinski definition) is 5. The average molecular weight is 481 g/mol. The Kier molecular flexibility index (Phi) is 7.62. The molecule has 1 amide bonds. The fourth-order valence-electron chi connectivity index (χ4n) is 3.95. The fourth-order valence-corrected chi connectivity index (χ4v) is 5.35. The standard InChI is InChI=1S/C26H28N2O5S/c1-27(26(21-8-4-2-5-9-21)22-10-6-3-7-11-22)25(29)20-33-23-12-14-24(15-13-23)34(30,31)28-16-18-32-19-17-28/h2-15,26H,16-20H2,1H3. The lowest BCUT2D eigenvalue weighted by molar-refractivity contribution is -0.133. The predicted molar refractivity (Wildman–Crippen MR) is 129 cm³/mol. The van der Waals surface area contributed by atoms with Crippen LogP contribution in [-0.2, 0) is 19.6 Å². The van der Waals surface area contributed by atoms with E-state index in [1.165, 1.54) is 16.4 Å². The number of carbonyl (C=O) groups excluding carboxylic acids is 1. The Morgan fingerprint density at radius 1 is 0.912 bits per heavy atom. The van der Waals surface area contributed by atoms with Crippen molar-refractivity contribution in [2.45, 2.75) is 10.9 Å². The summed E-state index contributed by atoms with van der Waals surface area (Å²) in [5.74, 6) is 0.237. The van der Waals surface area contributed by atoms with E-state index < -0.39 is 10.0 Å². The Morgan fingerprint density at radius 2 is 1.44 bits per heavy atom. The zero-order valence-electron chi connectivity index (χ0n) is 19.0. The molecule has 0 aliphatic carbocycles. The number of nitrogens with zero attached hydrogens (tertiary/aromatic N) is 2. The minimum atomic E-state index is -3.57. The third-order valence-corrected chi connectivity index (χ3v) is 7.72. The summed E-state index contributed by atoms with van der Waals surface area (Å²) in [5, 5.41) is 0. The smallest absolute Gasteiger partial charge is 0.261 e. The van der Waals surface area contributed by atoms with Gasteiger partial charge in [0.05, 0.1) is 24.2 Å². The van der Waals surface area contributed by atoms with Crippen LogP contribution in [0.2, 0.25) is 0 Å². The van der Waals surface area contributed by atoms with Crippen molar-refractivity contribution in [2.24, 2.45) is 0 Å². The minimum Gasteiger partial charge on any atom is -0.484 e. The van der Waals surface area contributed by atoms with E-state index in [0.29, 0.717) is 32.1 Å². The largest absolute Gasteiger partial charge is 0.484 e. The van der Waals surface area contributed by atoms with E-state index in [1.807, 2.05) is 60.7 Å². The van der Waals surface area contributed by atoms with Crippen molar-refractivity contribution in [3.8, 4) is 5.75 Å². The molecule has 0 radical (unpaired) electrons. The van der Waals surface area contributed by atoms with Crippen LogP contribution in [0.15, 0.2) is 89.8 Å². The van der Waals surface area contributed by atoms with Gasteiger partial charge < -0.3 is 14.4 Å². The number of hydrogen-bond donors (Lipinski definition) is 0. The van der Waals surface area contributed by atoms with Crippen LogP contribution in [-0.4, -0.2) is 63.5 Å². The Bertz CT molecular complexity index is 1140. The molecule has 0 saturated carbocycles. The second-order valence-electron chi connectivity index (χ2n) is 8.01. The Labute approximate surface area is 200 Å². The van der Waals surface area contributed by atoms with Crippen molar-refractivity contribution in [3.05, 3.63) is 96.1 Å². The van der Waals surface area contributed by atoms with Gasteiger partial charge in [-0.2, -0.15) is 4.31 Å². The third kappa shape index (κ3) is 5.47. The van der Waals surface area contributed by atoms with Gasteiger partial charge in [-0.25, -0.2) is 8.42 Å². The highest BCUT2D eigenvalue weighted by Gasteiger charge is 2.27. The lowest BCUT2D eigenvalue weighted by Gasteiger charge is -2.29. The molecule has 1 heterocycles. The third-order valence-electron chi connectivity index (χ3n) is 5.81. The van der Waals surface area contributed by atoms with Gasteiger partial charge in [0, 0.05) is 20.1 Å². The van der Waals surface area contributed by atoms with Crippen molar-refractivity contribution in [1.29, 1.82) is 0 Å². The van der Waals surface area contributed by atoms with Gasteiger partial charge in [0.2, 0.25) is 10.0 Å². The van der Waals surface area contributed by atoms with Crippen LogP contribution >= 0.6 is 0 Å². The van der Waals surface area contributed by atoms with E-state index >= 15 is 0 Å².